The van der Waals surface area contributed by atoms with Crippen molar-refractivity contribution in [3.05, 3.63) is 42.7 Å². The summed E-state index contributed by atoms with van der Waals surface area (Å²) in [5.74, 6) is 0.778. The molecule has 0 fully saturated rings. The summed E-state index contributed by atoms with van der Waals surface area (Å²) in [4.78, 5) is 8.83. The first kappa shape index (κ1) is 15.5. The van der Waals surface area contributed by atoms with Gasteiger partial charge in [0, 0.05) is 12.1 Å². The van der Waals surface area contributed by atoms with Gasteiger partial charge < -0.3 is 5.32 Å². The number of benzene rings is 1. The number of aromatic nitrogens is 2. The van der Waals surface area contributed by atoms with Gasteiger partial charge in [-0.25, -0.2) is 9.97 Å². The Labute approximate surface area is 127 Å². The minimum Gasteiger partial charge on any atom is -0.383 e. The van der Waals surface area contributed by atoms with Crippen molar-refractivity contribution in [2.24, 2.45) is 0 Å². The number of rotatable bonds is 9. The molecular weight excluding hydrogens is 258 g/mol. The summed E-state index contributed by atoms with van der Waals surface area (Å²) in [6.07, 6.45) is 11.6. The molecule has 21 heavy (non-hydrogen) atoms. The molecule has 0 aliphatic carbocycles. The van der Waals surface area contributed by atoms with Gasteiger partial charge in [0.2, 0.25) is 0 Å². The topological polar surface area (TPSA) is 37.8 Å². The fourth-order valence-electron chi connectivity index (χ4n) is 2.29. The van der Waals surface area contributed by atoms with Gasteiger partial charge in [-0.05, 0) is 6.42 Å². The van der Waals surface area contributed by atoms with Gasteiger partial charge >= 0.3 is 0 Å². The fraction of sp³-hybridized carbons (Fsp3) is 0.444. The van der Waals surface area contributed by atoms with E-state index in [1.165, 1.54) is 38.5 Å². The van der Waals surface area contributed by atoms with Gasteiger partial charge in [-0.15, -0.1) is 0 Å². The molecule has 1 aromatic heterocycles. The van der Waals surface area contributed by atoms with E-state index in [1.807, 2.05) is 42.7 Å². The molecule has 112 valence electrons. The van der Waals surface area contributed by atoms with E-state index >= 15 is 0 Å². The Bertz CT molecular complexity index is 494. The highest BCUT2D eigenvalue weighted by Gasteiger charge is 2.00. The normalized spacial score (nSPS) is 10.5. The van der Waals surface area contributed by atoms with Crippen LogP contribution in [0.2, 0.25) is 0 Å². The summed E-state index contributed by atoms with van der Waals surface area (Å²) in [6.45, 7) is 3.25. The van der Waals surface area contributed by atoms with Gasteiger partial charge in [-0.1, -0.05) is 69.4 Å². The predicted octanol–water partition coefficient (Wildman–Crippen LogP) is 4.92. The Morgan fingerprint density at radius 3 is 2.24 bits per heavy atom. The van der Waals surface area contributed by atoms with Crippen LogP contribution in [0.4, 0.5) is 5.69 Å². The van der Waals surface area contributed by atoms with Crippen LogP contribution in [0.1, 0.15) is 45.4 Å². The molecule has 1 heterocycles. The molecule has 0 radical (unpaired) electrons. The average Bonchev–Trinajstić information content (AvgIpc) is 2.55. The Kier molecular flexibility index (Phi) is 6.72. The first-order chi connectivity index (χ1) is 10.4. The van der Waals surface area contributed by atoms with Crippen molar-refractivity contribution in [3.8, 4) is 11.4 Å². The lowest BCUT2D eigenvalue weighted by molar-refractivity contribution is 0.617. The molecule has 0 saturated carbocycles. The van der Waals surface area contributed by atoms with Crippen molar-refractivity contribution in [1.82, 2.24) is 9.97 Å². The highest BCUT2D eigenvalue weighted by molar-refractivity contribution is 5.55. The molecule has 0 atom stereocenters. The van der Waals surface area contributed by atoms with Crippen LogP contribution in [0.5, 0.6) is 0 Å². The summed E-state index contributed by atoms with van der Waals surface area (Å²) in [6, 6.07) is 10.1. The molecule has 2 aromatic rings. The lowest BCUT2D eigenvalue weighted by atomic mass is 10.1. The molecule has 0 unspecified atom stereocenters. The van der Waals surface area contributed by atoms with E-state index in [2.05, 4.69) is 22.2 Å². The van der Waals surface area contributed by atoms with Crippen molar-refractivity contribution >= 4 is 5.69 Å². The molecule has 0 aliphatic heterocycles. The number of nitrogens with one attached hydrogen (secondary N) is 1. The maximum Gasteiger partial charge on any atom is 0.159 e. The minimum atomic E-state index is 0.778. The van der Waals surface area contributed by atoms with E-state index in [0.29, 0.717) is 0 Å². The number of nitrogens with zero attached hydrogens (tertiary/aromatic N) is 2. The van der Waals surface area contributed by atoms with Gasteiger partial charge in [0.05, 0.1) is 18.1 Å². The van der Waals surface area contributed by atoms with Crippen molar-refractivity contribution in [2.75, 3.05) is 11.9 Å². The Balaban J connectivity index is 1.71. The molecule has 2 rings (SSSR count). The van der Waals surface area contributed by atoms with Crippen LogP contribution in [-0.2, 0) is 0 Å². The van der Waals surface area contributed by atoms with E-state index < -0.39 is 0 Å². The van der Waals surface area contributed by atoms with Gasteiger partial charge in [-0.2, -0.15) is 0 Å². The molecule has 1 aromatic carbocycles. The quantitative estimate of drug-likeness (QED) is 0.664. The lowest BCUT2D eigenvalue weighted by Crippen LogP contribution is -2.02. The zero-order valence-corrected chi connectivity index (χ0v) is 12.9. The second-order valence-electron chi connectivity index (χ2n) is 5.36. The average molecular weight is 283 g/mol. The zero-order chi connectivity index (χ0) is 14.8. The molecule has 0 bridgehead atoms. The molecule has 0 spiro atoms. The smallest absolute Gasteiger partial charge is 0.159 e. The van der Waals surface area contributed by atoms with Gasteiger partial charge in [0.25, 0.3) is 0 Å². The van der Waals surface area contributed by atoms with Crippen LogP contribution >= 0.6 is 0 Å². The first-order valence-corrected chi connectivity index (χ1v) is 8.01. The standard InChI is InChI=1S/C18H25N3/c1-2-3-4-5-6-10-13-19-17-14-20-18(21-15-17)16-11-8-7-9-12-16/h7-9,11-12,14-15,19H,2-6,10,13H2,1H3. The Hall–Kier alpha value is -1.90. The third-order valence-corrected chi connectivity index (χ3v) is 3.54. The van der Waals surface area contributed by atoms with Crippen LogP contribution in [0, 0.1) is 0 Å². The summed E-state index contributed by atoms with van der Waals surface area (Å²) in [5, 5.41) is 3.39. The third kappa shape index (κ3) is 5.54. The summed E-state index contributed by atoms with van der Waals surface area (Å²) in [5.41, 5.74) is 2.06. The van der Waals surface area contributed by atoms with Crippen molar-refractivity contribution in [1.29, 1.82) is 0 Å². The summed E-state index contributed by atoms with van der Waals surface area (Å²) >= 11 is 0. The molecule has 3 nitrogen and oxygen atoms in total. The lowest BCUT2D eigenvalue weighted by Gasteiger charge is -2.06. The molecule has 0 amide bonds. The fourth-order valence-corrected chi connectivity index (χ4v) is 2.29. The van der Waals surface area contributed by atoms with Crippen LogP contribution < -0.4 is 5.32 Å². The van der Waals surface area contributed by atoms with Gasteiger partial charge in [0.1, 0.15) is 0 Å². The van der Waals surface area contributed by atoms with E-state index in [-0.39, 0.29) is 0 Å². The third-order valence-electron chi connectivity index (χ3n) is 3.54. The van der Waals surface area contributed by atoms with Gasteiger partial charge in [0.15, 0.2) is 5.82 Å². The minimum absolute atomic E-state index is 0.778. The van der Waals surface area contributed by atoms with Crippen molar-refractivity contribution in [3.63, 3.8) is 0 Å². The molecular formula is C18H25N3. The molecule has 0 aliphatic rings. The second-order valence-corrected chi connectivity index (χ2v) is 5.36. The highest BCUT2D eigenvalue weighted by Crippen LogP contribution is 2.14. The monoisotopic (exact) mass is 283 g/mol. The maximum absolute atomic E-state index is 4.41. The number of hydrogen-bond donors (Lipinski definition) is 1. The summed E-state index contributed by atoms with van der Waals surface area (Å²) in [7, 11) is 0. The second kappa shape index (κ2) is 9.11. The number of hydrogen-bond acceptors (Lipinski definition) is 3. The van der Waals surface area contributed by atoms with E-state index in [9.17, 15) is 0 Å². The summed E-state index contributed by atoms with van der Waals surface area (Å²) < 4.78 is 0. The number of unbranched alkanes of at least 4 members (excludes halogenated alkanes) is 5. The van der Waals surface area contributed by atoms with Crippen molar-refractivity contribution in [2.45, 2.75) is 45.4 Å². The zero-order valence-electron chi connectivity index (χ0n) is 12.9. The molecule has 3 heteroatoms. The van der Waals surface area contributed by atoms with Crippen molar-refractivity contribution < 1.29 is 0 Å². The molecule has 0 saturated heterocycles. The van der Waals surface area contributed by atoms with Crippen LogP contribution in [0.25, 0.3) is 11.4 Å². The van der Waals surface area contributed by atoms with Crippen LogP contribution in [-0.4, -0.2) is 16.5 Å². The first-order valence-electron chi connectivity index (χ1n) is 8.01. The van der Waals surface area contributed by atoms with E-state index in [4.69, 9.17) is 0 Å². The van der Waals surface area contributed by atoms with Gasteiger partial charge in [-0.3, -0.25) is 0 Å². The van der Waals surface area contributed by atoms with Crippen LogP contribution in [0.15, 0.2) is 42.7 Å². The van der Waals surface area contributed by atoms with E-state index in [1.54, 1.807) is 0 Å². The Morgan fingerprint density at radius 2 is 1.52 bits per heavy atom. The SMILES string of the molecule is CCCCCCCCNc1cnc(-c2ccccc2)nc1. The largest absolute Gasteiger partial charge is 0.383 e. The molecule has 1 N–H and O–H groups in total. The Morgan fingerprint density at radius 1 is 0.857 bits per heavy atom. The predicted molar refractivity (Wildman–Crippen MR) is 89.3 cm³/mol. The number of anilines is 1. The maximum atomic E-state index is 4.41. The highest BCUT2D eigenvalue weighted by atomic mass is 14.9. The van der Waals surface area contributed by atoms with E-state index in [0.717, 1.165) is 23.6 Å². The van der Waals surface area contributed by atoms with Crippen LogP contribution in [0.3, 0.4) is 0 Å².